The minimum atomic E-state index is 0.397. The fourth-order valence-electron chi connectivity index (χ4n) is 1.54. The van der Waals surface area contributed by atoms with E-state index in [-0.39, 0.29) is 0 Å². The first kappa shape index (κ1) is 10.9. The molecule has 0 saturated heterocycles. The van der Waals surface area contributed by atoms with Crippen molar-refractivity contribution in [1.82, 2.24) is 14.6 Å². The van der Waals surface area contributed by atoms with Crippen LogP contribution in [0.15, 0.2) is 18.5 Å². The molecule has 0 amide bonds. The predicted molar refractivity (Wildman–Crippen MR) is 65.6 cm³/mol. The van der Waals surface area contributed by atoms with Gasteiger partial charge >= 0.3 is 0 Å². The number of aryl methyl sites for hydroxylation is 1. The molecule has 16 heavy (non-hydrogen) atoms. The van der Waals surface area contributed by atoms with Crippen LogP contribution in [0.3, 0.4) is 0 Å². The molecular weight excluding hydrogens is 200 g/mol. The molecule has 4 heteroatoms. The maximum atomic E-state index is 4.37. The SMILES string of the molecule is Cc1cc2c(NC(C)C(C)C)nccn2n1. The normalized spacial score (nSPS) is 13.3. The zero-order chi connectivity index (χ0) is 11.7. The summed E-state index contributed by atoms with van der Waals surface area (Å²) in [4.78, 5) is 4.37. The Balaban J connectivity index is 2.36. The quantitative estimate of drug-likeness (QED) is 0.860. The van der Waals surface area contributed by atoms with Gasteiger partial charge in [-0.25, -0.2) is 9.50 Å². The summed E-state index contributed by atoms with van der Waals surface area (Å²) in [5, 5.41) is 7.79. The average molecular weight is 218 g/mol. The molecule has 2 heterocycles. The molecule has 0 aliphatic rings. The Morgan fingerprint density at radius 2 is 2.06 bits per heavy atom. The van der Waals surface area contributed by atoms with Gasteiger partial charge in [-0.05, 0) is 25.8 Å². The van der Waals surface area contributed by atoms with Crippen molar-refractivity contribution in [3.05, 3.63) is 24.2 Å². The van der Waals surface area contributed by atoms with Gasteiger partial charge in [0.15, 0.2) is 5.82 Å². The van der Waals surface area contributed by atoms with Crippen molar-refractivity contribution >= 4 is 11.3 Å². The van der Waals surface area contributed by atoms with E-state index in [0.29, 0.717) is 12.0 Å². The zero-order valence-electron chi connectivity index (χ0n) is 10.2. The standard InChI is InChI=1S/C12H18N4/c1-8(2)10(4)14-12-11-7-9(3)15-16(11)6-5-13-12/h5-8,10H,1-4H3,(H,13,14). The summed E-state index contributed by atoms with van der Waals surface area (Å²) in [6.45, 7) is 8.54. The first-order valence-electron chi connectivity index (χ1n) is 5.65. The van der Waals surface area contributed by atoms with E-state index >= 15 is 0 Å². The summed E-state index contributed by atoms with van der Waals surface area (Å²) in [6, 6.07) is 2.44. The molecule has 0 fully saturated rings. The molecule has 2 rings (SSSR count). The van der Waals surface area contributed by atoms with Gasteiger partial charge < -0.3 is 5.32 Å². The van der Waals surface area contributed by atoms with Gasteiger partial charge in [0.1, 0.15) is 5.52 Å². The Hall–Kier alpha value is -1.58. The molecule has 0 saturated carbocycles. The molecule has 1 atom stereocenters. The molecule has 4 nitrogen and oxygen atoms in total. The highest BCUT2D eigenvalue weighted by Gasteiger charge is 2.10. The maximum absolute atomic E-state index is 4.37. The third-order valence-electron chi connectivity index (χ3n) is 2.88. The Bertz CT molecular complexity index is 487. The number of nitrogens with zero attached hydrogens (tertiary/aromatic N) is 3. The summed E-state index contributed by atoms with van der Waals surface area (Å²) >= 11 is 0. The number of hydrogen-bond donors (Lipinski definition) is 1. The van der Waals surface area contributed by atoms with Crippen molar-refractivity contribution in [2.24, 2.45) is 5.92 Å². The lowest BCUT2D eigenvalue weighted by atomic mass is 10.1. The Kier molecular flexibility index (Phi) is 2.81. The summed E-state index contributed by atoms with van der Waals surface area (Å²) in [6.07, 6.45) is 3.64. The maximum Gasteiger partial charge on any atom is 0.152 e. The van der Waals surface area contributed by atoms with Crippen LogP contribution in [0, 0.1) is 12.8 Å². The van der Waals surface area contributed by atoms with Crippen molar-refractivity contribution in [2.75, 3.05) is 5.32 Å². The van der Waals surface area contributed by atoms with Crippen LogP contribution in [0.4, 0.5) is 5.82 Å². The Morgan fingerprint density at radius 3 is 2.75 bits per heavy atom. The third-order valence-corrected chi connectivity index (χ3v) is 2.88. The number of rotatable bonds is 3. The van der Waals surface area contributed by atoms with Gasteiger partial charge in [0.25, 0.3) is 0 Å². The molecule has 0 aromatic carbocycles. The van der Waals surface area contributed by atoms with Gasteiger partial charge in [0.05, 0.1) is 5.69 Å². The van der Waals surface area contributed by atoms with Crippen LogP contribution in [0.5, 0.6) is 0 Å². The van der Waals surface area contributed by atoms with E-state index in [1.807, 2.05) is 23.7 Å². The van der Waals surface area contributed by atoms with Crippen LogP contribution < -0.4 is 5.32 Å². The van der Waals surface area contributed by atoms with Crippen LogP contribution in [0.1, 0.15) is 26.5 Å². The molecule has 1 unspecified atom stereocenters. The smallest absolute Gasteiger partial charge is 0.152 e. The van der Waals surface area contributed by atoms with E-state index in [1.165, 1.54) is 0 Å². The number of aromatic nitrogens is 3. The molecule has 2 aromatic heterocycles. The molecule has 0 aliphatic heterocycles. The highest BCUT2D eigenvalue weighted by molar-refractivity contribution is 5.67. The third kappa shape index (κ3) is 2.01. The predicted octanol–water partition coefficient (Wildman–Crippen LogP) is 2.49. The minimum Gasteiger partial charge on any atom is -0.366 e. The van der Waals surface area contributed by atoms with Crippen molar-refractivity contribution in [1.29, 1.82) is 0 Å². The molecule has 0 radical (unpaired) electrons. The van der Waals surface area contributed by atoms with E-state index in [4.69, 9.17) is 0 Å². The number of anilines is 1. The van der Waals surface area contributed by atoms with Gasteiger partial charge in [-0.15, -0.1) is 0 Å². The van der Waals surface area contributed by atoms with Crippen LogP contribution in [0.2, 0.25) is 0 Å². The summed E-state index contributed by atoms with van der Waals surface area (Å²) in [5.74, 6) is 1.48. The van der Waals surface area contributed by atoms with E-state index < -0.39 is 0 Å². The van der Waals surface area contributed by atoms with E-state index in [9.17, 15) is 0 Å². The summed E-state index contributed by atoms with van der Waals surface area (Å²) in [5.41, 5.74) is 2.04. The van der Waals surface area contributed by atoms with Gasteiger partial charge in [-0.2, -0.15) is 5.10 Å². The van der Waals surface area contributed by atoms with E-state index in [0.717, 1.165) is 17.0 Å². The fraction of sp³-hybridized carbons (Fsp3) is 0.500. The first-order chi connectivity index (χ1) is 7.58. The Labute approximate surface area is 95.7 Å². The lowest BCUT2D eigenvalue weighted by molar-refractivity contribution is 0.558. The number of fused-ring (bicyclic) bond motifs is 1. The van der Waals surface area contributed by atoms with Gasteiger partial charge in [-0.3, -0.25) is 0 Å². The lowest BCUT2D eigenvalue weighted by Crippen LogP contribution is -2.22. The second-order valence-electron chi connectivity index (χ2n) is 4.57. The van der Waals surface area contributed by atoms with E-state index in [2.05, 4.69) is 36.2 Å². The molecule has 2 aromatic rings. The second kappa shape index (κ2) is 4.12. The highest BCUT2D eigenvalue weighted by atomic mass is 15.2. The van der Waals surface area contributed by atoms with Crippen molar-refractivity contribution in [3.8, 4) is 0 Å². The molecule has 86 valence electrons. The van der Waals surface area contributed by atoms with Crippen molar-refractivity contribution < 1.29 is 0 Å². The van der Waals surface area contributed by atoms with Crippen molar-refractivity contribution in [2.45, 2.75) is 33.7 Å². The average Bonchev–Trinajstić information content (AvgIpc) is 2.59. The monoisotopic (exact) mass is 218 g/mol. The van der Waals surface area contributed by atoms with Gasteiger partial charge in [-0.1, -0.05) is 13.8 Å². The number of hydrogen-bond acceptors (Lipinski definition) is 3. The topological polar surface area (TPSA) is 42.2 Å². The summed E-state index contributed by atoms with van der Waals surface area (Å²) < 4.78 is 1.86. The summed E-state index contributed by atoms with van der Waals surface area (Å²) in [7, 11) is 0. The van der Waals surface area contributed by atoms with Gasteiger partial charge in [0.2, 0.25) is 0 Å². The molecule has 1 N–H and O–H groups in total. The van der Waals surface area contributed by atoms with Crippen LogP contribution >= 0.6 is 0 Å². The lowest BCUT2D eigenvalue weighted by Gasteiger charge is -2.18. The first-order valence-corrected chi connectivity index (χ1v) is 5.65. The molecule has 0 aliphatic carbocycles. The fourth-order valence-corrected chi connectivity index (χ4v) is 1.54. The minimum absolute atomic E-state index is 0.397. The molecule has 0 spiro atoms. The van der Waals surface area contributed by atoms with Crippen LogP contribution in [0.25, 0.3) is 5.52 Å². The van der Waals surface area contributed by atoms with Crippen LogP contribution in [-0.4, -0.2) is 20.6 Å². The molecule has 0 bridgehead atoms. The highest BCUT2D eigenvalue weighted by Crippen LogP contribution is 2.17. The van der Waals surface area contributed by atoms with Crippen LogP contribution in [-0.2, 0) is 0 Å². The van der Waals surface area contributed by atoms with Crippen molar-refractivity contribution in [3.63, 3.8) is 0 Å². The van der Waals surface area contributed by atoms with E-state index in [1.54, 1.807) is 6.20 Å². The Morgan fingerprint density at radius 1 is 1.31 bits per heavy atom. The number of nitrogens with one attached hydrogen (secondary N) is 1. The largest absolute Gasteiger partial charge is 0.366 e. The van der Waals surface area contributed by atoms with Gasteiger partial charge in [0, 0.05) is 18.4 Å². The molecular formula is C12H18N4. The second-order valence-corrected chi connectivity index (χ2v) is 4.57. The zero-order valence-corrected chi connectivity index (χ0v) is 10.2.